The van der Waals surface area contributed by atoms with Crippen LogP contribution in [0.4, 0.5) is 0 Å². The molecule has 0 spiro atoms. The van der Waals surface area contributed by atoms with Gasteiger partial charge in [-0.2, -0.15) is 0 Å². The van der Waals surface area contributed by atoms with Crippen LogP contribution in [0.1, 0.15) is 19.8 Å². The standard InChI is InChI=1S/C8H16N2O3S/c1-6-7(3-5-14(6,12)13)10-8(11)2-4-9/h6-7H,2-5,9H2,1H3,(H,10,11). The summed E-state index contributed by atoms with van der Waals surface area (Å²) in [6, 6.07) is -0.237. The van der Waals surface area contributed by atoms with Gasteiger partial charge in [0.2, 0.25) is 5.91 Å². The lowest BCUT2D eigenvalue weighted by Crippen LogP contribution is -2.41. The molecule has 1 aliphatic heterocycles. The number of sulfone groups is 1. The van der Waals surface area contributed by atoms with Crippen LogP contribution in [-0.4, -0.2) is 37.9 Å². The summed E-state index contributed by atoms with van der Waals surface area (Å²) in [5.41, 5.74) is 5.21. The largest absolute Gasteiger partial charge is 0.352 e. The number of hydrogen-bond donors (Lipinski definition) is 2. The molecule has 0 aromatic carbocycles. The van der Waals surface area contributed by atoms with E-state index in [9.17, 15) is 13.2 Å². The first-order valence-corrected chi connectivity index (χ1v) is 6.40. The van der Waals surface area contributed by atoms with Crippen LogP contribution >= 0.6 is 0 Å². The summed E-state index contributed by atoms with van der Waals surface area (Å²) in [5.74, 6) is 0.00307. The number of amides is 1. The van der Waals surface area contributed by atoms with Crippen LogP contribution < -0.4 is 11.1 Å². The number of rotatable bonds is 3. The molecule has 2 unspecified atom stereocenters. The van der Waals surface area contributed by atoms with Crippen LogP contribution in [0.5, 0.6) is 0 Å². The third kappa shape index (κ3) is 2.45. The Balaban J connectivity index is 2.53. The number of nitrogens with one attached hydrogen (secondary N) is 1. The highest BCUT2D eigenvalue weighted by molar-refractivity contribution is 7.92. The van der Waals surface area contributed by atoms with E-state index in [4.69, 9.17) is 5.73 Å². The molecule has 0 saturated carbocycles. The lowest BCUT2D eigenvalue weighted by atomic mass is 10.1. The molecule has 14 heavy (non-hydrogen) atoms. The zero-order valence-corrected chi connectivity index (χ0v) is 9.01. The van der Waals surface area contributed by atoms with Gasteiger partial charge < -0.3 is 11.1 Å². The Morgan fingerprint density at radius 3 is 2.64 bits per heavy atom. The zero-order valence-electron chi connectivity index (χ0n) is 8.19. The lowest BCUT2D eigenvalue weighted by molar-refractivity contribution is -0.121. The molecule has 1 fully saturated rings. The molecule has 6 heteroatoms. The molecular weight excluding hydrogens is 204 g/mol. The fourth-order valence-corrected chi connectivity index (χ4v) is 3.22. The van der Waals surface area contributed by atoms with Gasteiger partial charge in [0.25, 0.3) is 0 Å². The van der Waals surface area contributed by atoms with Crippen LogP contribution in [0.3, 0.4) is 0 Å². The van der Waals surface area contributed by atoms with E-state index in [0.717, 1.165) is 0 Å². The van der Waals surface area contributed by atoms with Gasteiger partial charge in [0.15, 0.2) is 9.84 Å². The maximum Gasteiger partial charge on any atom is 0.221 e. The van der Waals surface area contributed by atoms with E-state index >= 15 is 0 Å². The van der Waals surface area contributed by atoms with Crippen molar-refractivity contribution in [2.75, 3.05) is 12.3 Å². The van der Waals surface area contributed by atoms with Crippen LogP contribution in [0.15, 0.2) is 0 Å². The average molecular weight is 220 g/mol. The molecule has 1 heterocycles. The van der Waals surface area contributed by atoms with Gasteiger partial charge in [-0.3, -0.25) is 4.79 Å². The second-order valence-electron chi connectivity index (χ2n) is 3.57. The highest BCUT2D eigenvalue weighted by Crippen LogP contribution is 2.20. The Bertz CT molecular complexity index is 313. The number of hydrogen-bond acceptors (Lipinski definition) is 4. The summed E-state index contributed by atoms with van der Waals surface area (Å²) in [6.07, 6.45) is 0.767. The highest BCUT2D eigenvalue weighted by Gasteiger charge is 2.37. The summed E-state index contributed by atoms with van der Waals surface area (Å²) in [6.45, 7) is 1.93. The van der Waals surface area contributed by atoms with Crippen molar-refractivity contribution in [3.05, 3.63) is 0 Å². The molecule has 1 amide bonds. The van der Waals surface area contributed by atoms with Crippen molar-refractivity contribution in [1.29, 1.82) is 0 Å². The molecule has 2 atom stereocenters. The van der Waals surface area contributed by atoms with Crippen molar-refractivity contribution >= 4 is 15.7 Å². The third-order valence-electron chi connectivity index (χ3n) is 2.56. The predicted molar refractivity (Wildman–Crippen MR) is 53.5 cm³/mol. The Hall–Kier alpha value is -0.620. The average Bonchev–Trinajstić information content (AvgIpc) is 2.33. The van der Waals surface area contributed by atoms with Crippen molar-refractivity contribution in [1.82, 2.24) is 5.32 Å². The van der Waals surface area contributed by atoms with Gasteiger partial charge >= 0.3 is 0 Å². The molecule has 0 radical (unpaired) electrons. The summed E-state index contributed by atoms with van der Waals surface area (Å²) in [4.78, 5) is 11.2. The normalized spacial score (nSPS) is 30.1. The Morgan fingerprint density at radius 2 is 2.21 bits per heavy atom. The SMILES string of the molecule is CC1C(NC(=O)CCN)CCS1(=O)=O. The second kappa shape index (κ2) is 4.27. The van der Waals surface area contributed by atoms with Gasteiger partial charge in [0, 0.05) is 19.0 Å². The number of carbonyl (C=O) groups is 1. The summed E-state index contributed by atoms with van der Waals surface area (Å²) < 4.78 is 22.7. The molecule has 1 saturated heterocycles. The molecule has 1 rings (SSSR count). The molecule has 0 aromatic heterocycles. The predicted octanol–water partition coefficient (Wildman–Crippen LogP) is -0.973. The highest BCUT2D eigenvalue weighted by atomic mass is 32.2. The minimum Gasteiger partial charge on any atom is -0.352 e. The first kappa shape index (κ1) is 11.5. The van der Waals surface area contributed by atoms with Crippen molar-refractivity contribution in [2.45, 2.75) is 31.1 Å². The van der Waals surface area contributed by atoms with Crippen LogP contribution in [0.2, 0.25) is 0 Å². The van der Waals surface area contributed by atoms with Crippen LogP contribution in [0, 0.1) is 0 Å². The Kier molecular flexibility index (Phi) is 3.49. The van der Waals surface area contributed by atoms with E-state index in [2.05, 4.69) is 5.32 Å². The van der Waals surface area contributed by atoms with E-state index in [0.29, 0.717) is 13.0 Å². The number of carbonyl (C=O) groups excluding carboxylic acids is 1. The maximum atomic E-state index is 11.3. The summed E-state index contributed by atoms with van der Waals surface area (Å²) in [7, 11) is -2.98. The zero-order chi connectivity index (χ0) is 10.8. The van der Waals surface area contributed by atoms with E-state index in [1.54, 1.807) is 6.92 Å². The third-order valence-corrected chi connectivity index (χ3v) is 4.83. The molecule has 0 aliphatic carbocycles. The molecular formula is C8H16N2O3S. The van der Waals surface area contributed by atoms with Crippen LogP contribution in [0.25, 0.3) is 0 Å². The van der Waals surface area contributed by atoms with Gasteiger partial charge in [0.1, 0.15) is 0 Å². The second-order valence-corrected chi connectivity index (χ2v) is 6.05. The van der Waals surface area contributed by atoms with E-state index < -0.39 is 15.1 Å². The summed E-state index contributed by atoms with van der Waals surface area (Å²) >= 11 is 0. The lowest BCUT2D eigenvalue weighted by Gasteiger charge is -2.15. The minimum atomic E-state index is -2.98. The quantitative estimate of drug-likeness (QED) is 0.640. The first-order valence-electron chi connectivity index (χ1n) is 4.68. The molecule has 82 valence electrons. The van der Waals surface area contributed by atoms with Gasteiger partial charge in [-0.1, -0.05) is 0 Å². The van der Waals surface area contributed by atoms with Crippen LogP contribution in [-0.2, 0) is 14.6 Å². The van der Waals surface area contributed by atoms with Crippen molar-refractivity contribution in [2.24, 2.45) is 5.73 Å². The summed E-state index contributed by atoms with van der Waals surface area (Å²) in [5, 5.41) is 2.22. The Labute approximate surface area is 84.0 Å². The fourth-order valence-electron chi connectivity index (χ4n) is 1.56. The van der Waals surface area contributed by atoms with E-state index in [1.165, 1.54) is 0 Å². The first-order chi connectivity index (χ1) is 6.47. The molecule has 1 aliphatic rings. The van der Waals surface area contributed by atoms with Crippen molar-refractivity contribution in [3.8, 4) is 0 Å². The molecule has 0 bridgehead atoms. The number of nitrogens with two attached hydrogens (primary N) is 1. The molecule has 0 aromatic rings. The molecule has 3 N–H and O–H groups in total. The van der Waals surface area contributed by atoms with Crippen molar-refractivity contribution < 1.29 is 13.2 Å². The topological polar surface area (TPSA) is 89.3 Å². The Morgan fingerprint density at radius 1 is 1.57 bits per heavy atom. The van der Waals surface area contributed by atoms with Gasteiger partial charge in [-0.15, -0.1) is 0 Å². The van der Waals surface area contributed by atoms with Gasteiger partial charge in [-0.05, 0) is 13.3 Å². The fraction of sp³-hybridized carbons (Fsp3) is 0.875. The smallest absolute Gasteiger partial charge is 0.221 e. The minimum absolute atomic E-state index is 0.165. The maximum absolute atomic E-state index is 11.3. The van der Waals surface area contributed by atoms with Crippen molar-refractivity contribution in [3.63, 3.8) is 0 Å². The van der Waals surface area contributed by atoms with E-state index in [-0.39, 0.29) is 24.1 Å². The molecule has 5 nitrogen and oxygen atoms in total. The van der Waals surface area contributed by atoms with E-state index in [1.807, 2.05) is 0 Å². The van der Waals surface area contributed by atoms with Gasteiger partial charge in [-0.25, -0.2) is 8.42 Å². The monoisotopic (exact) mass is 220 g/mol. The van der Waals surface area contributed by atoms with Gasteiger partial charge in [0.05, 0.1) is 11.0 Å².